The Morgan fingerprint density at radius 2 is 2.07 bits per heavy atom. The third kappa shape index (κ3) is 1.97. The highest BCUT2D eigenvalue weighted by Gasteiger charge is 2.00. The molecular weight excluding hydrogens is 200 g/mol. The van der Waals surface area contributed by atoms with E-state index in [4.69, 9.17) is 11.6 Å². The maximum atomic E-state index is 5.90. The van der Waals surface area contributed by atoms with Crippen LogP contribution < -0.4 is 5.32 Å². The third-order valence-corrected chi connectivity index (χ3v) is 1.87. The number of hydrogen-bond donors (Lipinski definition) is 1. The second-order valence-electron chi connectivity index (χ2n) is 2.55. The van der Waals surface area contributed by atoms with Crippen molar-refractivity contribution < 1.29 is 0 Å². The second-order valence-corrected chi connectivity index (χ2v) is 2.96. The Hall–Kier alpha value is -1.68. The van der Waals surface area contributed by atoms with E-state index in [9.17, 15) is 0 Å². The summed E-state index contributed by atoms with van der Waals surface area (Å²) in [5.41, 5.74) is 0. The molecule has 4 nitrogen and oxygen atoms in total. The first kappa shape index (κ1) is 8.90. The lowest BCUT2D eigenvalue weighted by Crippen LogP contribution is -1.96. The lowest BCUT2D eigenvalue weighted by Gasteiger charge is -2.04. The van der Waals surface area contributed by atoms with E-state index in [0.29, 0.717) is 16.7 Å². The fourth-order valence-electron chi connectivity index (χ4n) is 0.963. The minimum absolute atomic E-state index is 0.554. The van der Waals surface area contributed by atoms with Crippen LogP contribution in [-0.2, 0) is 0 Å². The van der Waals surface area contributed by atoms with Crippen LogP contribution in [0.15, 0.2) is 36.9 Å². The quantitative estimate of drug-likeness (QED) is 0.819. The molecule has 0 unspecified atom stereocenters. The molecule has 2 aromatic rings. The van der Waals surface area contributed by atoms with Crippen LogP contribution in [0.25, 0.3) is 0 Å². The number of nitrogens with one attached hydrogen (secondary N) is 1. The van der Waals surface area contributed by atoms with Gasteiger partial charge < -0.3 is 5.32 Å². The Labute approximate surface area is 86.0 Å². The van der Waals surface area contributed by atoms with Crippen molar-refractivity contribution in [1.29, 1.82) is 0 Å². The molecule has 14 heavy (non-hydrogen) atoms. The van der Waals surface area contributed by atoms with Gasteiger partial charge in [-0.1, -0.05) is 11.6 Å². The molecule has 0 amide bonds. The van der Waals surface area contributed by atoms with E-state index in [1.165, 1.54) is 0 Å². The molecule has 2 aromatic heterocycles. The summed E-state index contributed by atoms with van der Waals surface area (Å²) in [7, 11) is 0. The van der Waals surface area contributed by atoms with Crippen molar-refractivity contribution in [1.82, 2.24) is 15.0 Å². The maximum Gasteiger partial charge on any atom is 0.150 e. The molecule has 70 valence electrons. The van der Waals surface area contributed by atoms with Crippen LogP contribution >= 0.6 is 11.6 Å². The Bertz CT molecular complexity index is 418. The summed E-state index contributed by atoms with van der Waals surface area (Å²) >= 11 is 5.90. The van der Waals surface area contributed by atoms with Gasteiger partial charge in [0.15, 0.2) is 0 Å². The molecule has 0 saturated heterocycles. The minimum Gasteiger partial charge on any atom is -0.322 e. The molecule has 0 aliphatic carbocycles. The molecule has 1 N–H and O–H groups in total. The fourth-order valence-corrected chi connectivity index (χ4v) is 1.13. The summed E-state index contributed by atoms with van der Waals surface area (Å²) in [6, 6.07) is 3.53. The van der Waals surface area contributed by atoms with Crippen molar-refractivity contribution in [3.05, 3.63) is 41.9 Å². The number of pyridine rings is 1. The molecule has 0 saturated carbocycles. The first-order valence-electron chi connectivity index (χ1n) is 4.00. The molecule has 0 fully saturated rings. The summed E-state index contributed by atoms with van der Waals surface area (Å²) in [6.45, 7) is 0. The Kier molecular flexibility index (Phi) is 2.55. The van der Waals surface area contributed by atoms with E-state index in [0.717, 1.165) is 0 Å². The Balaban J connectivity index is 2.24. The molecular formula is C9H7ClN4. The van der Waals surface area contributed by atoms with E-state index in [1.807, 2.05) is 0 Å². The second kappa shape index (κ2) is 4.02. The molecule has 5 heteroatoms. The SMILES string of the molecule is Clc1cccnc1Nc1cnccn1. The summed E-state index contributed by atoms with van der Waals surface area (Å²) in [5, 5.41) is 3.51. The van der Waals surface area contributed by atoms with Crippen LogP contribution in [0.3, 0.4) is 0 Å². The maximum absolute atomic E-state index is 5.90. The van der Waals surface area contributed by atoms with Crippen LogP contribution in [0.4, 0.5) is 11.6 Å². The van der Waals surface area contributed by atoms with Gasteiger partial charge in [0.05, 0.1) is 11.2 Å². The van der Waals surface area contributed by atoms with Crippen molar-refractivity contribution in [3.63, 3.8) is 0 Å². The number of hydrogen-bond acceptors (Lipinski definition) is 4. The van der Waals surface area contributed by atoms with Gasteiger partial charge in [-0.25, -0.2) is 9.97 Å². The van der Waals surface area contributed by atoms with Crippen molar-refractivity contribution in [3.8, 4) is 0 Å². The lowest BCUT2D eigenvalue weighted by molar-refractivity contribution is 1.18. The number of rotatable bonds is 2. The molecule has 0 aliphatic heterocycles. The number of aromatic nitrogens is 3. The van der Waals surface area contributed by atoms with Crippen LogP contribution in [0, 0.1) is 0 Å². The average Bonchev–Trinajstić information content (AvgIpc) is 2.23. The lowest BCUT2D eigenvalue weighted by atomic mass is 10.4. The van der Waals surface area contributed by atoms with Gasteiger partial charge in [-0.15, -0.1) is 0 Å². The summed E-state index contributed by atoms with van der Waals surface area (Å²) < 4.78 is 0. The van der Waals surface area contributed by atoms with E-state index < -0.39 is 0 Å². The molecule has 2 heterocycles. The summed E-state index contributed by atoms with van der Waals surface area (Å²) in [5.74, 6) is 1.20. The van der Waals surface area contributed by atoms with Crippen molar-refractivity contribution in [2.45, 2.75) is 0 Å². The first-order chi connectivity index (χ1) is 6.86. The minimum atomic E-state index is 0.554. The predicted octanol–water partition coefficient (Wildman–Crippen LogP) is 2.27. The predicted molar refractivity (Wildman–Crippen MR) is 54.6 cm³/mol. The molecule has 0 aliphatic rings. The zero-order valence-electron chi connectivity index (χ0n) is 7.18. The van der Waals surface area contributed by atoms with Crippen LogP contribution in [0.2, 0.25) is 5.02 Å². The standard InChI is InChI=1S/C9H7ClN4/c10-7-2-1-3-13-9(7)14-8-6-11-4-5-12-8/h1-6H,(H,12,13,14). The van der Waals surface area contributed by atoms with Gasteiger partial charge in [-0.3, -0.25) is 4.98 Å². The van der Waals surface area contributed by atoms with Crippen LogP contribution in [0.5, 0.6) is 0 Å². The van der Waals surface area contributed by atoms with Gasteiger partial charge in [0, 0.05) is 18.6 Å². The highest BCUT2D eigenvalue weighted by Crippen LogP contribution is 2.20. The van der Waals surface area contributed by atoms with Crippen molar-refractivity contribution >= 4 is 23.2 Å². The molecule has 0 aromatic carbocycles. The topological polar surface area (TPSA) is 50.7 Å². The van der Waals surface area contributed by atoms with Gasteiger partial charge in [-0.2, -0.15) is 0 Å². The number of halogens is 1. The highest BCUT2D eigenvalue weighted by atomic mass is 35.5. The average molecular weight is 207 g/mol. The normalized spacial score (nSPS) is 9.79. The zero-order valence-corrected chi connectivity index (χ0v) is 7.94. The van der Waals surface area contributed by atoms with Crippen molar-refractivity contribution in [2.24, 2.45) is 0 Å². The fraction of sp³-hybridized carbons (Fsp3) is 0. The third-order valence-electron chi connectivity index (χ3n) is 1.57. The van der Waals surface area contributed by atoms with Crippen molar-refractivity contribution in [2.75, 3.05) is 5.32 Å². The van der Waals surface area contributed by atoms with E-state index in [1.54, 1.807) is 36.9 Å². The van der Waals surface area contributed by atoms with E-state index >= 15 is 0 Å². The largest absolute Gasteiger partial charge is 0.322 e. The van der Waals surface area contributed by atoms with Gasteiger partial charge in [0.25, 0.3) is 0 Å². The van der Waals surface area contributed by atoms with E-state index in [-0.39, 0.29) is 0 Å². The zero-order chi connectivity index (χ0) is 9.80. The molecule has 2 rings (SSSR count). The monoisotopic (exact) mass is 206 g/mol. The van der Waals surface area contributed by atoms with Gasteiger partial charge in [0.2, 0.25) is 0 Å². The van der Waals surface area contributed by atoms with Crippen LogP contribution in [-0.4, -0.2) is 15.0 Å². The molecule has 0 atom stereocenters. The molecule has 0 spiro atoms. The summed E-state index contributed by atoms with van der Waals surface area (Å²) in [6.07, 6.45) is 6.46. The Morgan fingerprint density at radius 1 is 1.14 bits per heavy atom. The summed E-state index contributed by atoms with van der Waals surface area (Å²) in [4.78, 5) is 12.0. The smallest absolute Gasteiger partial charge is 0.150 e. The van der Waals surface area contributed by atoms with E-state index in [2.05, 4.69) is 20.3 Å². The van der Waals surface area contributed by atoms with Gasteiger partial charge in [-0.05, 0) is 12.1 Å². The number of nitrogens with zero attached hydrogens (tertiary/aromatic N) is 3. The molecule has 0 bridgehead atoms. The highest BCUT2D eigenvalue weighted by molar-refractivity contribution is 6.32. The van der Waals surface area contributed by atoms with Gasteiger partial charge >= 0.3 is 0 Å². The van der Waals surface area contributed by atoms with Crippen LogP contribution in [0.1, 0.15) is 0 Å². The Morgan fingerprint density at radius 3 is 2.79 bits per heavy atom. The number of anilines is 2. The molecule has 0 radical (unpaired) electrons. The van der Waals surface area contributed by atoms with Gasteiger partial charge in [0.1, 0.15) is 11.6 Å². The first-order valence-corrected chi connectivity index (χ1v) is 4.37.